The van der Waals surface area contributed by atoms with Crippen molar-refractivity contribution in [3.63, 3.8) is 0 Å². The summed E-state index contributed by atoms with van der Waals surface area (Å²) in [6.07, 6.45) is 7.99. The van der Waals surface area contributed by atoms with Crippen LogP contribution in [0, 0.1) is 11.8 Å². The van der Waals surface area contributed by atoms with Crippen molar-refractivity contribution < 1.29 is 9.90 Å². The molecule has 2 unspecified atom stereocenters. The molecular weight excluding hydrogens is 164 g/mol. The standard InChI is InChI=1S/C11H20O2/c1-2-3-4-6-9-7-5-8-10(9)11(12)13/h9-10H,2-8H2,1H3,(H,12,13). The van der Waals surface area contributed by atoms with Gasteiger partial charge in [-0.1, -0.05) is 32.6 Å². The van der Waals surface area contributed by atoms with Gasteiger partial charge in [0.1, 0.15) is 0 Å². The molecule has 0 spiro atoms. The van der Waals surface area contributed by atoms with Gasteiger partial charge in [0, 0.05) is 0 Å². The molecule has 0 radical (unpaired) electrons. The summed E-state index contributed by atoms with van der Waals surface area (Å²) in [6.45, 7) is 2.18. The molecule has 1 fully saturated rings. The average molecular weight is 184 g/mol. The molecule has 0 aliphatic heterocycles. The van der Waals surface area contributed by atoms with Crippen molar-refractivity contribution in [1.82, 2.24) is 0 Å². The van der Waals surface area contributed by atoms with Crippen molar-refractivity contribution in [2.75, 3.05) is 0 Å². The fraction of sp³-hybridized carbons (Fsp3) is 0.909. The fourth-order valence-electron chi connectivity index (χ4n) is 2.36. The van der Waals surface area contributed by atoms with Gasteiger partial charge < -0.3 is 5.11 Å². The van der Waals surface area contributed by atoms with E-state index in [-0.39, 0.29) is 5.92 Å². The third kappa shape index (κ3) is 3.02. The molecule has 1 saturated carbocycles. The zero-order valence-electron chi connectivity index (χ0n) is 8.46. The first-order chi connectivity index (χ1) is 6.25. The van der Waals surface area contributed by atoms with Crippen LogP contribution in [0.1, 0.15) is 51.9 Å². The van der Waals surface area contributed by atoms with E-state index >= 15 is 0 Å². The molecule has 2 heteroatoms. The van der Waals surface area contributed by atoms with Crippen molar-refractivity contribution in [3.8, 4) is 0 Å². The molecule has 0 heterocycles. The lowest BCUT2D eigenvalue weighted by molar-refractivity contribution is -0.143. The molecule has 0 aromatic carbocycles. The lowest BCUT2D eigenvalue weighted by atomic mass is 9.91. The average Bonchev–Trinajstić information content (AvgIpc) is 2.53. The summed E-state index contributed by atoms with van der Waals surface area (Å²) >= 11 is 0. The van der Waals surface area contributed by atoms with Gasteiger partial charge in [-0.05, 0) is 25.2 Å². The number of hydrogen-bond acceptors (Lipinski definition) is 1. The van der Waals surface area contributed by atoms with Gasteiger partial charge in [-0.2, -0.15) is 0 Å². The van der Waals surface area contributed by atoms with E-state index in [9.17, 15) is 4.79 Å². The molecule has 0 bridgehead atoms. The summed E-state index contributed by atoms with van der Waals surface area (Å²) in [6, 6.07) is 0. The number of rotatable bonds is 5. The monoisotopic (exact) mass is 184 g/mol. The first-order valence-electron chi connectivity index (χ1n) is 5.48. The molecule has 1 N–H and O–H groups in total. The van der Waals surface area contributed by atoms with Gasteiger partial charge in [0.25, 0.3) is 0 Å². The van der Waals surface area contributed by atoms with Gasteiger partial charge in [0.05, 0.1) is 5.92 Å². The second-order valence-electron chi connectivity index (χ2n) is 4.13. The predicted octanol–water partition coefficient (Wildman–Crippen LogP) is 3.07. The van der Waals surface area contributed by atoms with E-state index in [0.717, 1.165) is 25.7 Å². The Morgan fingerprint density at radius 1 is 1.38 bits per heavy atom. The van der Waals surface area contributed by atoms with Gasteiger partial charge in [-0.25, -0.2) is 0 Å². The third-order valence-electron chi connectivity index (χ3n) is 3.15. The summed E-state index contributed by atoms with van der Waals surface area (Å²) in [4.78, 5) is 10.8. The highest BCUT2D eigenvalue weighted by molar-refractivity contribution is 5.70. The fourth-order valence-corrected chi connectivity index (χ4v) is 2.36. The first kappa shape index (κ1) is 10.6. The Balaban J connectivity index is 2.27. The third-order valence-corrected chi connectivity index (χ3v) is 3.15. The molecule has 0 amide bonds. The second-order valence-corrected chi connectivity index (χ2v) is 4.13. The van der Waals surface area contributed by atoms with E-state index in [1.807, 2.05) is 0 Å². The molecule has 0 aromatic rings. The Hall–Kier alpha value is -0.530. The topological polar surface area (TPSA) is 37.3 Å². The quantitative estimate of drug-likeness (QED) is 0.667. The number of aliphatic carboxylic acids is 1. The van der Waals surface area contributed by atoms with E-state index in [0.29, 0.717) is 5.92 Å². The van der Waals surface area contributed by atoms with Crippen molar-refractivity contribution >= 4 is 5.97 Å². The van der Waals surface area contributed by atoms with Crippen LogP contribution in [0.3, 0.4) is 0 Å². The summed E-state index contributed by atoms with van der Waals surface area (Å²) in [5.74, 6) is -0.125. The number of carboxylic acids is 1. The minimum atomic E-state index is -0.570. The Kier molecular flexibility index (Phi) is 4.26. The van der Waals surface area contributed by atoms with Crippen LogP contribution in [0.2, 0.25) is 0 Å². The number of hydrogen-bond donors (Lipinski definition) is 1. The maximum Gasteiger partial charge on any atom is 0.306 e. The van der Waals surface area contributed by atoms with E-state index in [2.05, 4.69) is 6.92 Å². The lowest BCUT2D eigenvalue weighted by Gasteiger charge is -2.14. The molecule has 1 aliphatic rings. The Morgan fingerprint density at radius 3 is 2.77 bits per heavy atom. The smallest absolute Gasteiger partial charge is 0.306 e. The number of unbranched alkanes of at least 4 members (excludes halogenated alkanes) is 2. The van der Waals surface area contributed by atoms with Crippen molar-refractivity contribution in [2.45, 2.75) is 51.9 Å². The van der Waals surface area contributed by atoms with Crippen LogP contribution in [-0.4, -0.2) is 11.1 Å². The SMILES string of the molecule is CCCCCC1CCCC1C(=O)O. The zero-order valence-corrected chi connectivity index (χ0v) is 8.46. The zero-order chi connectivity index (χ0) is 9.68. The molecule has 0 aromatic heterocycles. The highest BCUT2D eigenvalue weighted by Gasteiger charge is 2.31. The summed E-state index contributed by atoms with van der Waals surface area (Å²) in [5.41, 5.74) is 0. The molecule has 2 nitrogen and oxygen atoms in total. The Morgan fingerprint density at radius 2 is 2.15 bits per heavy atom. The van der Waals surface area contributed by atoms with Crippen molar-refractivity contribution in [1.29, 1.82) is 0 Å². The first-order valence-corrected chi connectivity index (χ1v) is 5.48. The normalized spacial score (nSPS) is 27.8. The molecule has 1 aliphatic carbocycles. The highest BCUT2D eigenvalue weighted by atomic mass is 16.4. The summed E-state index contributed by atoms with van der Waals surface area (Å²) in [7, 11) is 0. The van der Waals surface area contributed by atoms with Gasteiger partial charge in [-0.15, -0.1) is 0 Å². The van der Waals surface area contributed by atoms with E-state index in [1.165, 1.54) is 19.3 Å². The van der Waals surface area contributed by atoms with Crippen LogP contribution in [0.25, 0.3) is 0 Å². The van der Waals surface area contributed by atoms with Crippen LogP contribution in [-0.2, 0) is 4.79 Å². The number of carboxylic acid groups (broad SMARTS) is 1. The molecule has 76 valence electrons. The summed E-state index contributed by atoms with van der Waals surface area (Å²) in [5, 5.41) is 8.94. The maximum absolute atomic E-state index is 10.8. The molecule has 1 rings (SSSR count). The molecular formula is C11H20O2. The van der Waals surface area contributed by atoms with E-state index < -0.39 is 5.97 Å². The van der Waals surface area contributed by atoms with E-state index in [1.54, 1.807) is 0 Å². The van der Waals surface area contributed by atoms with Crippen LogP contribution in [0.4, 0.5) is 0 Å². The molecule has 2 atom stereocenters. The summed E-state index contributed by atoms with van der Waals surface area (Å²) < 4.78 is 0. The van der Waals surface area contributed by atoms with Crippen LogP contribution in [0.15, 0.2) is 0 Å². The van der Waals surface area contributed by atoms with Crippen LogP contribution in [0.5, 0.6) is 0 Å². The maximum atomic E-state index is 10.8. The second kappa shape index (κ2) is 5.25. The van der Waals surface area contributed by atoms with Gasteiger partial charge in [0.15, 0.2) is 0 Å². The lowest BCUT2D eigenvalue weighted by Crippen LogP contribution is -2.18. The highest BCUT2D eigenvalue weighted by Crippen LogP contribution is 2.35. The van der Waals surface area contributed by atoms with Crippen LogP contribution >= 0.6 is 0 Å². The largest absolute Gasteiger partial charge is 0.481 e. The van der Waals surface area contributed by atoms with Crippen LogP contribution < -0.4 is 0 Å². The minimum Gasteiger partial charge on any atom is -0.481 e. The molecule has 13 heavy (non-hydrogen) atoms. The van der Waals surface area contributed by atoms with Crippen molar-refractivity contribution in [2.24, 2.45) is 11.8 Å². The van der Waals surface area contributed by atoms with Gasteiger partial charge in [0.2, 0.25) is 0 Å². The minimum absolute atomic E-state index is 0.0307. The predicted molar refractivity (Wildman–Crippen MR) is 52.6 cm³/mol. The number of carbonyl (C=O) groups is 1. The Labute approximate surface area is 80.3 Å². The van der Waals surface area contributed by atoms with Gasteiger partial charge in [-0.3, -0.25) is 4.79 Å². The molecule has 0 saturated heterocycles. The van der Waals surface area contributed by atoms with Crippen molar-refractivity contribution in [3.05, 3.63) is 0 Å². The van der Waals surface area contributed by atoms with Gasteiger partial charge >= 0.3 is 5.97 Å². The van der Waals surface area contributed by atoms with E-state index in [4.69, 9.17) is 5.11 Å². The Bertz CT molecular complexity index is 165.